The summed E-state index contributed by atoms with van der Waals surface area (Å²) in [5.41, 5.74) is 0. The molecule has 0 aliphatic heterocycles. The van der Waals surface area contributed by atoms with E-state index in [9.17, 15) is 14.7 Å². The van der Waals surface area contributed by atoms with Crippen molar-refractivity contribution in [2.45, 2.75) is 135 Å². The van der Waals surface area contributed by atoms with Crippen molar-refractivity contribution >= 4 is 11.9 Å². The van der Waals surface area contributed by atoms with E-state index in [2.05, 4.69) is 19.2 Å². The second-order valence-electron chi connectivity index (χ2n) is 8.57. The molecule has 0 heterocycles. The minimum absolute atomic E-state index is 0.0940. The van der Waals surface area contributed by atoms with Crippen molar-refractivity contribution in [3.63, 3.8) is 0 Å². The van der Waals surface area contributed by atoms with Crippen molar-refractivity contribution in [2.75, 3.05) is 13.2 Å². The molecule has 1 unspecified atom stereocenters. The average Bonchev–Trinajstić information content (AvgIpc) is 2.72. The molecule has 0 aliphatic rings. The Kier molecular flexibility index (Phi) is 21.8. The van der Waals surface area contributed by atoms with Gasteiger partial charge in [-0.3, -0.25) is 9.59 Å². The summed E-state index contributed by atoms with van der Waals surface area (Å²) < 4.78 is 5.20. The normalized spacial score (nSPS) is 12.1. The molecule has 178 valence electrons. The molecule has 0 fully saturated rings. The van der Waals surface area contributed by atoms with Crippen LogP contribution in [0, 0.1) is 0 Å². The summed E-state index contributed by atoms with van der Waals surface area (Å²) in [4.78, 5) is 23.3. The van der Waals surface area contributed by atoms with Crippen LogP contribution in [0.15, 0.2) is 0 Å². The van der Waals surface area contributed by atoms with E-state index in [-0.39, 0.29) is 6.42 Å². The average molecular weight is 428 g/mol. The molecule has 0 saturated carbocycles. The minimum atomic E-state index is -0.977. The Bertz CT molecular complexity index is 401. The molecule has 2 N–H and O–H groups in total. The van der Waals surface area contributed by atoms with Crippen molar-refractivity contribution < 1.29 is 19.4 Å². The standard InChI is InChI=1S/C25H49NO4/c1-3-5-7-9-11-12-13-14-15-16-18-20-26-23(25(28)29)22-24(27)30-21-19-17-10-8-6-4-2/h23,26H,3-22H2,1-2H3,(H,28,29). The molecule has 0 radical (unpaired) electrons. The van der Waals surface area contributed by atoms with E-state index >= 15 is 0 Å². The van der Waals surface area contributed by atoms with E-state index in [4.69, 9.17) is 4.74 Å². The van der Waals surface area contributed by atoms with Crippen LogP contribution in [0.3, 0.4) is 0 Å². The lowest BCUT2D eigenvalue weighted by Gasteiger charge is -2.14. The summed E-state index contributed by atoms with van der Waals surface area (Å²) >= 11 is 0. The second kappa shape index (κ2) is 22.6. The SMILES string of the molecule is CCCCCCCCCCCCCNC(CC(=O)OCCCCCCCC)C(=O)O. The fraction of sp³-hybridized carbons (Fsp3) is 0.920. The number of hydrogen-bond donors (Lipinski definition) is 2. The van der Waals surface area contributed by atoms with E-state index in [0.717, 1.165) is 25.7 Å². The summed E-state index contributed by atoms with van der Waals surface area (Å²) in [7, 11) is 0. The number of aliphatic carboxylic acids is 1. The van der Waals surface area contributed by atoms with Gasteiger partial charge in [0.05, 0.1) is 13.0 Å². The molecule has 1 atom stereocenters. The molecule has 0 amide bonds. The fourth-order valence-corrected chi connectivity index (χ4v) is 3.61. The zero-order valence-electron chi connectivity index (χ0n) is 19.9. The molecule has 0 saturated heterocycles. The molecule has 0 bridgehead atoms. The number of hydrogen-bond acceptors (Lipinski definition) is 4. The van der Waals surface area contributed by atoms with Crippen LogP contribution < -0.4 is 5.32 Å². The largest absolute Gasteiger partial charge is 0.480 e. The number of esters is 1. The highest BCUT2D eigenvalue weighted by Crippen LogP contribution is 2.11. The van der Waals surface area contributed by atoms with Gasteiger partial charge in [-0.1, -0.05) is 110 Å². The second-order valence-corrected chi connectivity index (χ2v) is 8.57. The highest BCUT2D eigenvalue weighted by atomic mass is 16.5. The molecule has 0 aliphatic carbocycles. The Morgan fingerprint density at radius 1 is 0.700 bits per heavy atom. The highest BCUT2D eigenvalue weighted by molar-refractivity contribution is 5.81. The lowest BCUT2D eigenvalue weighted by molar-refractivity contribution is -0.149. The Balaban J connectivity index is 3.61. The Morgan fingerprint density at radius 3 is 1.60 bits per heavy atom. The van der Waals surface area contributed by atoms with E-state index in [0.29, 0.717) is 13.2 Å². The number of rotatable bonds is 23. The highest BCUT2D eigenvalue weighted by Gasteiger charge is 2.21. The van der Waals surface area contributed by atoms with Crippen LogP contribution in [0.5, 0.6) is 0 Å². The summed E-state index contributed by atoms with van der Waals surface area (Å²) in [6.45, 7) is 5.47. The zero-order chi connectivity index (χ0) is 22.3. The molecule has 0 spiro atoms. The van der Waals surface area contributed by atoms with Gasteiger partial charge in [0, 0.05) is 0 Å². The predicted octanol–water partition coefficient (Wildman–Crippen LogP) is 6.63. The van der Waals surface area contributed by atoms with Crippen molar-refractivity contribution in [3.05, 3.63) is 0 Å². The summed E-state index contributed by atoms with van der Waals surface area (Å²) in [6.07, 6.45) is 20.6. The van der Waals surface area contributed by atoms with Gasteiger partial charge in [0.15, 0.2) is 0 Å². The topological polar surface area (TPSA) is 75.6 Å². The lowest BCUT2D eigenvalue weighted by Crippen LogP contribution is -2.39. The zero-order valence-corrected chi connectivity index (χ0v) is 19.9. The Hall–Kier alpha value is -1.10. The van der Waals surface area contributed by atoms with Gasteiger partial charge in [0.2, 0.25) is 0 Å². The third-order valence-corrected chi connectivity index (χ3v) is 5.60. The first kappa shape index (κ1) is 28.9. The maximum atomic E-state index is 11.9. The Morgan fingerprint density at radius 2 is 1.13 bits per heavy atom. The quantitative estimate of drug-likeness (QED) is 0.141. The molecular weight excluding hydrogens is 378 g/mol. The molecule has 5 nitrogen and oxygen atoms in total. The van der Waals surface area contributed by atoms with E-state index in [1.165, 1.54) is 83.5 Å². The summed E-state index contributed by atoms with van der Waals surface area (Å²) in [5, 5.41) is 12.3. The van der Waals surface area contributed by atoms with Crippen LogP contribution in [-0.2, 0) is 14.3 Å². The van der Waals surface area contributed by atoms with Gasteiger partial charge in [-0.25, -0.2) is 0 Å². The smallest absolute Gasteiger partial charge is 0.321 e. The number of ether oxygens (including phenoxy) is 1. The number of carbonyl (C=O) groups is 2. The molecule has 30 heavy (non-hydrogen) atoms. The minimum Gasteiger partial charge on any atom is -0.480 e. The lowest BCUT2D eigenvalue weighted by atomic mass is 10.1. The number of carboxylic acid groups (broad SMARTS) is 1. The molecular formula is C25H49NO4. The Labute approximate surface area is 185 Å². The first-order chi connectivity index (χ1) is 14.6. The molecule has 0 aromatic rings. The van der Waals surface area contributed by atoms with Crippen LogP contribution in [0.2, 0.25) is 0 Å². The third kappa shape index (κ3) is 20.2. The summed E-state index contributed by atoms with van der Waals surface area (Å²) in [6, 6.07) is -0.842. The first-order valence-electron chi connectivity index (χ1n) is 12.7. The van der Waals surface area contributed by atoms with E-state index < -0.39 is 18.0 Å². The molecule has 0 rings (SSSR count). The van der Waals surface area contributed by atoms with E-state index in [1.807, 2.05) is 0 Å². The maximum absolute atomic E-state index is 11.9. The first-order valence-corrected chi connectivity index (χ1v) is 12.7. The van der Waals surface area contributed by atoms with Crippen LogP contribution >= 0.6 is 0 Å². The van der Waals surface area contributed by atoms with E-state index in [1.54, 1.807) is 0 Å². The van der Waals surface area contributed by atoms with Crippen LogP contribution in [0.25, 0.3) is 0 Å². The van der Waals surface area contributed by atoms with Crippen LogP contribution in [0.4, 0.5) is 0 Å². The number of carbonyl (C=O) groups excluding carboxylic acids is 1. The van der Waals surface area contributed by atoms with Crippen molar-refractivity contribution in [3.8, 4) is 0 Å². The maximum Gasteiger partial charge on any atom is 0.321 e. The predicted molar refractivity (Wildman–Crippen MR) is 125 cm³/mol. The number of unbranched alkanes of at least 4 members (excludes halogenated alkanes) is 15. The van der Waals surface area contributed by atoms with Gasteiger partial charge < -0.3 is 15.2 Å². The fourth-order valence-electron chi connectivity index (χ4n) is 3.61. The van der Waals surface area contributed by atoms with Gasteiger partial charge in [-0.15, -0.1) is 0 Å². The summed E-state index contributed by atoms with van der Waals surface area (Å²) in [5.74, 6) is -1.39. The molecule has 0 aromatic carbocycles. The molecule has 0 aromatic heterocycles. The van der Waals surface area contributed by atoms with Gasteiger partial charge in [0.25, 0.3) is 0 Å². The number of carboxylic acids is 1. The van der Waals surface area contributed by atoms with Crippen LogP contribution in [0.1, 0.15) is 129 Å². The van der Waals surface area contributed by atoms with Crippen molar-refractivity contribution in [2.24, 2.45) is 0 Å². The van der Waals surface area contributed by atoms with Gasteiger partial charge in [-0.05, 0) is 19.4 Å². The molecule has 5 heteroatoms. The number of nitrogens with one attached hydrogen (secondary N) is 1. The van der Waals surface area contributed by atoms with Crippen molar-refractivity contribution in [1.29, 1.82) is 0 Å². The van der Waals surface area contributed by atoms with Crippen molar-refractivity contribution in [1.82, 2.24) is 5.32 Å². The third-order valence-electron chi connectivity index (χ3n) is 5.60. The van der Waals surface area contributed by atoms with Gasteiger partial charge in [-0.2, -0.15) is 0 Å². The van der Waals surface area contributed by atoms with Gasteiger partial charge >= 0.3 is 11.9 Å². The monoisotopic (exact) mass is 427 g/mol. The van der Waals surface area contributed by atoms with Gasteiger partial charge in [0.1, 0.15) is 6.04 Å². The van der Waals surface area contributed by atoms with Crippen LogP contribution in [-0.4, -0.2) is 36.2 Å².